The van der Waals surface area contributed by atoms with Crippen LogP contribution in [0.2, 0.25) is 0 Å². The molecule has 7 heteroatoms. The Labute approximate surface area is 211 Å². The van der Waals surface area contributed by atoms with Crippen molar-refractivity contribution in [2.75, 3.05) is 63.9 Å². The zero-order chi connectivity index (χ0) is 21.4. The second kappa shape index (κ2) is 13.0. The number of nitrogens with zero attached hydrogens (tertiary/aromatic N) is 3. The van der Waals surface area contributed by atoms with Crippen molar-refractivity contribution >= 4 is 35.6 Å². The standard InChI is InChI=1S/C25H41N5O.HI/c1-2-26-24(27-19-22-11-14-29(20-22)23-9-5-3-6-10-23)28-21-25(12-7-4-8-13-25)30-15-17-31-18-16-30;/h3,5-6,9-10,22H,2,4,7-8,11-21H2,1H3,(H2,26,27,28);1H. The van der Waals surface area contributed by atoms with Gasteiger partial charge in [-0.25, -0.2) is 0 Å². The highest BCUT2D eigenvalue weighted by Gasteiger charge is 2.38. The molecule has 180 valence electrons. The van der Waals surface area contributed by atoms with Gasteiger partial charge in [0.05, 0.1) is 19.8 Å². The van der Waals surface area contributed by atoms with Gasteiger partial charge in [0, 0.05) is 50.5 Å². The molecule has 2 saturated heterocycles. The molecule has 2 aliphatic heterocycles. The second-order valence-electron chi connectivity index (χ2n) is 9.40. The van der Waals surface area contributed by atoms with E-state index in [9.17, 15) is 0 Å². The molecular weight excluding hydrogens is 513 g/mol. The van der Waals surface area contributed by atoms with Gasteiger partial charge < -0.3 is 20.3 Å². The largest absolute Gasteiger partial charge is 0.379 e. The van der Waals surface area contributed by atoms with Gasteiger partial charge in [0.2, 0.25) is 0 Å². The molecule has 32 heavy (non-hydrogen) atoms. The average Bonchev–Trinajstić information content (AvgIpc) is 3.32. The van der Waals surface area contributed by atoms with Gasteiger partial charge in [-0.1, -0.05) is 37.5 Å². The lowest BCUT2D eigenvalue weighted by atomic mass is 9.80. The van der Waals surface area contributed by atoms with Crippen molar-refractivity contribution < 1.29 is 4.74 Å². The molecule has 3 aliphatic rings. The molecule has 2 heterocycles. The number of hydrogen-bond donors (Lipinski definition) is 2. The molecule has 0 aromatic heterocycles. The van der Waals surface area contributed by atoms with E-state index in [1.807, 2.05) is 0 Å². The van der Waals surface area contributed by atoms with E-state index in [1.165, 1.54) is 44.2 Å². The van der Waals surface area contributed by atoms with Crippen LogP contribution in [-0.4, -0.2) is 75.4 Å². The highest BCUT2D eigenvalue weighted by Crippen LogP contribution is 2.34. The summed E-state index contributed by atoms with van der Waals surface area (Å²) in [6.07, 6.45) is 7.80. The van der Waals surface area contributed by atoms with Crippen LogP contribution in [0.1, 0.15) is 45.4 Å². The van der Waals surface area contributed by atoms with Gasteiger partial charge in [0.15, 0.2) is 5.96 Å². The van der Waals surface area contributed by atoms with Crippen molar-refractivity contribution in [1.82, 2.24) is 15.5 Å². The van der Waals surface area contributed by atoms with E-state index in [0.29, 0.717) is 5.92 Å². The maximum absolute atomic E-state index is 5.63. The quantitative estimate of drug-likeness (QED) is 0.305. The monoisotopic (exact) mass is 555 g/mol. The van der Waals surface area contributed by atoms with Gasteiger partial charge in [0.25, 0.3) is 0 Å². The van der Waals surface area contributed by atoms with Crippen molar-refractivity contribution in [3.63, 3.8) is 0 Å². The number of para-hydroxylation sites is 1. The van der Waals surface area contributed by atoms with Crippen LogP contribution in [0.15, 0.2) is 35.3 Å². The van der Waals surface area contributed by atoms with Crippen molar-refractivity contribution in [1.29, 1.82) is 0 Å². The number of rotatable bonds is 7. The van der Waals surface area contributed by atoms with Crippen LogP contribution in [-0.2, 0) is 4.74 Å². The minimum absolute atomic E-state index is 0. The molecule has 4 rings (SSSR count). The molecule has 0 radical (unpaired) electrons. The van der Waals surface area contributed by atoms with Gasteiger partial charge in [-0.2, -0.15) is 0 Å². The summed E-state index contributed by atoms with van der Waals surface area (Å²) in [7, 11) is 0. The Morgan fingerprint density at radius 1 is 1.06 bits per heavy atom. The summed E-state index contributed by atoms with van der Waals surface area (Å²) < 4.78 is 5.63. The lowest BCUT2D eigenvalue weighted by Gasteiger charge is -2.47. The third-order valence-electron chi connectivity index (χ3n) is 7.31. The zero-order valence-corrected chi connectivity index (χ0v) is 22.1. The first-order valence-corrected chi connectivity index (χ1v) is 12.4. The van der Waals surface area contributed by atoms with Crippen LogP contribution in [0.3, 0.4) is 0 Å². The van der Waals surface area contributed by atoms with Crippen molar-refractivity contribution in [3.05, 3.63) is 30.3 Å². The topological polar surface area (TPSA) is 52.1 Å². The second-order valence-corrected chi connectivity index (χ2v) is 9.40. The molecule has 2 N–H and O–H groups in total. The van der Waals surface area contributed by atoms with E-state index in [1.54, 1.807) is 0 Å². The molecule has 1 unspecified atom stereocenters. The molecular formula is C25H42IN5O. The number of anilines is 1. The summed E-state index contributed by atoms with van der Waals surface area (Å²) in [5.74, 6) is 1.64. The zero-order valence-electron chi connectivity index (χ0n) is 19.7. The summed E-state index contributed by atoms with van der Waals surface area (Å²) in [5, 5.41) is 7.15. The number of aliphatic imine (C=N–C) groups is 1. The van der Waals surface area contributed by atoms with Crippen molar-refractivity contribution in [2.24, 2.45) is 10.9 Å². The normalized spacial score (nSPS) is 24.1. The molecule has 0 spiro atoms. The molecule has 1 aromatic carbocycles. The van der Waals surface area contributed by atoms with Crippen molar-refractivity contribution in [3.8, 4) is 0 Å². The highest BCUT2D eigenvalue weighted by atomic mass is 127. The van der Waals surface area contributed by atoms with Crippen LogP contribution in [0, 0.1) is 5.92 Å². The van der Waals surface area contributed by atoms with Gasteiger partial charge in [-0.15, -0.1) is 24.0 Å². The van der Waals surface area contributed by atoms with E-state index >= 15 is 0 Å². The van der Waals surface area contributed by atoms with Gasteiger partial charge in [0.1, 0.15) is 0 Å². The van der Waals surface area contributed by atoms with E-state index < -0.39 is 0 Å². The predicted molar refractivity (Wildman–Crippen MR) is 144 cm³/mol. The molecule has 0 bridgehead atoms. The smallest absolute Gasteiger partial charge is 0.191 e. The number of benzene rings is 1. The summed E-state index contributed by atoms with van der Waals surface area (Å²) >= 11 is 0. The first-order chi connectivity index (χ1) is 15.3. The molecule has 1 saturated carbocycles. The maximum atomic E-state index is 5.63. The molecule has 1 aliphatic carbocycles. The predicted octanol–water partition coefficient (Wildman–Crippen LogP) is 3.72. The van der Waals surface area contributed by atoms with Crippen LogP contribution < -0.4 is 15.5 Å². The summed E-state index contributed by atoms with van der Waals surface area (Å²) in [6.45, 7) is 11.0. The van der Waals surface area contributed by atoms with Crippen LogP contribution in [0.5, 0.6) is 0 Å². The molecule has 0 amide bonds. The number of nitrogens with one attached hydrogen (secondary N) is 2. The third kappa shape index (κ3) is 6.73. The average molecular weight is 556 g/mol. The molecule has 1 atom stereocenters. The van der Waals surface area contributed by atoms with E-state index in [0.717, 1.165) is 65.0 Å². The van der Waals surface area contributed by atoms with Crippen LogP contribution in [0.25, 0.3) is 0 Å². The van der Waals surface area contributed by atoms with Crippen molar-refractivity contribution in [2.45, 2.75) is 51.0 Å². The van der Waals surface area contributed by atoms with E-state index in [-0.39, 0.29) is 29.5 Å². The first-order valence-electron chi connectivity index (χ1n) is 12.4. The fourth-order valence-corrected chi connectivity index (χ4v) is 5.50. The number of hydrogen-bond acceptors (Lipinski definition) is 4. The number of ether oxygens (including phenoxy) is 1. The number of morpholine rings is 1. The highest BCUT2D eigenvalue weighted by molar-refractivity contribution is 14.0. The fourth-order valence-electron chi connectivity index (χ4n) is 5.50. The van der Waals surface area contributed by atoms with Gasteiger partial charge in [-0.3, -0.25) is 9.89 Å². The lowest BCUT2D eigenvalue weighted by molar-refractivity contribution is -0.0333. The van der Waals surface area contributed by atoms with Crippen LogP contribution in [0.4, 0.5) is 5.69 Å². The minimum atomic E-state index is 0. The molecule has 1 aromatic rings. The van der Waals surface area contributed by atoms with Crippen LogP contribution >= 0.6 is 24.0 Å². The minimum Gasteiger partial charge on any atom is -0.379 e. The SMILES string of the molecule is CCNC(=NCC1(N2CCOCC2)CCCCC1)NCC1CCN(c2ccccc2)C1.I. The number of guanidine groups is 1. The third-order valence-corrected chi connectivity index (χ3v) is 7.31. The first kappa shape index (κ1) is 25.6. The summed E-state index contributed by atoms with van der Waals surface area (Å²) in [4.78, 5) is 10.3. The van der Waals surface area contributed by atoms with Gasteiger partial charge in [-0.05, 0) is 44.2 Å². The Bertz CT molecular complexity index is 689. The Kier molecular flexibility index (Phi) is 10.4. The molecule has 3 fully saturated rings. The van der Waals surface area contributed by atoms with E-state index in [2.05, 4.69) is 57.7 Å². The Balaban J connectivity index is 0.00000289. The lowest BCUT2D eigenvalue weighted by Crippen LogP contribution is -2.56. The Morgan fingerprint density at radius 3 is 2.53 bits per heavy atom. The number of halogens is 1. The van der Waals surface area contributed by atoms with Gasteiger partial charge >= 0.3 is 0 Å². The fraction of sp³-hybridized carbons (Fsp3) is 0.720. The molecule has 6 nitrogen and oxygen atoms in total. The van der Waals surface area contributed by atoms with E-state index in [4.69, 9.17) is 9.73 Å². The Morgan fingerprint density at radius 2 is 1.81 bits per heavy atom. The maximum Gasteiger partial charge on any atom is 0.191 e. The summed E-state index contributed by atoms with van der Waals surface area (Å²) in [6, 6.07) is 10.8. The summed E-state index contributed by atoms with van der Waals surface area (Å²) in [5.41, 5.74) is 1.57. The Hall–Kier alpha value is -1.06.